The van der Waals surface area contributed by atoms with Gasteiger partial charge in [0.05, 0.1) is 7.11 Å². The second-order valence-electron chi connectivity index (χ2n) is 6.39. The highest BCUT2D eigenvalue weighted by molar-refractivity contribution is 14.0. The summed E-state index contributed by atoms with van der Waals surface area (Å²) in [6.45, 7) is 6.97. The topological polar surface area (TPSA) is 50.6 Å². The smallest absolute Gasteiger partial charge is 0.191 e. The molecule has 1 aromatic carbocycles. The Morgan fingerprint density at radius 1 is 1.12 bits per heavy atom. The Labute approximate surface area is 167 Å². The van der Waals surface area contributed by atoms with Crippen molar-refractivity contribution in [2.45, 2.75) is 25.8 Å². The monoisotopic (exact) mass is 456 g/mol. The zero-order chi connectivity index (χ0) is 17.4. The molecule has 0 amide bonds. The van der Waals surface area contributed by atoms with E-state index >= 15 is 0 Å². The molecule has 0 aliphatic carbocycles. The first-order valence-corrected chi connectivity index (χ1v) is 8.25. The fourth-order valence-electron chi connectivity index (χ4n) is 2.49. The van der Waals surface area contributed by atoms with E-state index in [4.69, 9.17) is 4.74 Å². The van der Waals surface area contributed by atoms with E-state index in [0.717, 1.165) is 31.3 Å². The van der Waals surface area contributed by atoms with Crippen molar-refractivity contribution in [3.8, 4) is 5.75 Å². The first-order chi connectivity index (χ1) is 11.5. The molecule has 0 saturated carbocycles. The van der Waals surface area contributed by atoms with Crippen molar-refractivity contribution in [1.29, 1.82) is 0 Å². The molecule has 6 heteroatoms. The second-order valence-corrected chi connectivity index (χ2v) is 6.39. The van der Waals surface area contributed by atoms with Crippen LogP contribution in [-0.4, -0.2) is 37.8 Å². The lowest BCUT2D eigenvalue weighted by Crippen LogP contribution is -2.44. The van der Waals surface area contributed by atoms with E-state index in [1.165, 1.54) is 5.56 Å². The van der Waals surface area contributed by atoms with Gasteiger partial charge in [-0.1, -0.05) is 26.0 Å². The Morgan fingerprint density at radius 3 is 2.32 bits per heavy atom. The molecule has 5 nitrogen and oxygen atoms in total. The lowest BCUT2D eigenvalue weighted by molar-refractivity contribution is 0.414. The average molecular weight is 456 g/mol. The summed E-state index contributed by atoms with van der Waals surface area (Å²) in [7, 11) is 3.48. The van der Waals surface area contributed by atoms with Crippen LogP contribution in [0.15, 0.2) is 53.8 Å². The quantitative estimate of drug-likeness (QED) is 0.382. The van der Waals surface area contributed by atoms with Gasteiger partial charge in [-0.3, -0.25) is 4.99 Å². The van der Waals surface area contributed by atoms with E-state index in [9.17, 15) is 0 Å². The zero-order valence-corrected chi connectivity index (χ0v) is 17.8. The number of aromatic nitrogens is 1. The minimum atomic E-state index is -0.00960. The third-order valence-electron chi connectivity index (χ3n) is 4.12. The van der Waals surface area contributed by atoms with Gasteiger partial charge >= 0.3 is 0 Å². The number of nitrogens with one attached hydrogen (secondary N) is 2. The molecule has 138 valence electrons. The maximum atomic E-state index is 5.23. The van der Waals surface area contributed by atoms with E-state index < -0.39 is 0 Å². The molecule has 0 atom stereocenters. The number of aliphatic imine (C=N–C) groups is 1. The van der Waals surface area contributed by atoms with Crippen molar-refractivity contribution >= 4 is 29.9 Å². The first kappa shape index (κ1) is 21.3. The molecule has 0 fully saturated rings. The zero-order valence-electron chi connectivity index (χ0n) is 15.5. The highest BCUT2D eigenvalue weighted by Gasteiger charge is 2.20. The predicted octanol–water partition coefficient (Wildman–Crippen LogP) is 3.26. The summed E-state index contributed by atoms with van der Waals surface area (Å²) in [4.78, 5) is 4.30. The molecule has 0 saturated heterocycles. The van der Waals surface area contributed by atoms with Gasteiger partial charge in [0.15, 0.2) is 5.96 Å². The van der Waals surface area contributed by atoms with Gasteiger partial charge < -0.3 is 19.9 Å². The van der Waals surface area contributed by atoms with Gasteiger partial charge in [0.2, 0.25) is 0 Å². The van der Waals surface area contributed by atoms with Crippen molar-refractivity contribution in [2.75, 3.05) is 27.2 Å². The van der Waals surface area contributed by atoms with Gasteiger partial charge in [0.1, 0.15) is 5.75 Å². The lowest BCUT2D eigenvalue weighted by Gasteiger charge is -2.27. The van der Waals surface area contributed by atoms with Crippen LogP contribution in [0.25, 0.3) is 0 Å². The molecule has 0 aliphatic heterocycles. The third-order valence-corrected chi connectivity index (χ3v) is 4.12. The van der Waals surface area contributed by atoms with Crippen LogP contribution in [0.3, 0.4) is 0 Å². The van der Waals surface area contributed by atoms with Gasteiger partial charge in [0.25, 0.3) is 0 Å². The molecule has 0 unspecified atom stereocenters. The maximum absolute atomic E-state index is 5.23. The third kappa shape index (κ3) is 6.61. The molecule has 2 N–H and O–H groups in total. The molecule has 1 aromatic heterocycles. The standard InChI is InChI=1S/C19H28N4O.HI/c1-19(2,16-7-9-17(24-4)10-8-16)15-22-18(20-3)21-11-14-23-12-5-6-13-23;/h5-10,12-13H,11,14-15H2,1-4H3,(H2,20,21,22);1H. The predicted molar refractivity (Wildman–Crippen MR) is 115 cm³/mol. The number of hydrogen-bond acceptors (Lipinski definition) is 2. The van der Waals surface area contributed by atoms with Crippen LogP contribution in [-0.2, 0) is 12.0 Å². The number of rotatable bonds is 7. The SMILES string of the molecule is CN=C(NCCn1cccc1)NCC(C)(C)c1ccc(OC)cc1.I. The molecule has 0 spiro atoms. The molecule has 2 rings (SSSR count). The van der Waals surface area contributed by atoms with Crippen LogP contribution >= 0.6 is 24.0 Å². The van der Waals surface area contributed by atoms with Crippen molar-refractivity contribution < 1.29 is 4.74 Å². The Kier molecular flexibility index (Phi) is 8.82. The summed E-state index contributed by atoms with van der Waals surface area (Å²) in [5.41, 5.74) is 1.25. The van der Waals surface area contributed by atoms with E-state index in [-0.39, 0.29) is 29.4 Å². The highest BCUT2D eigenvalue weighted by atomic mass is 127. The van der Waals surface area contributed by atoms with Crippen molar-refractivity contribution in [3.05, 3.63) is 54.4 Å². The van der Waals surface area contributed by atoms with Crippen LogP contribution in [0, 0.1) is 0 Å². The molecule has 0 radical (unpaired) electrons. The van der Waals surface area contributed by atoms with E-state index in [1.54, 1.807) is 14.2 Å². The van der Waals surface area contributed by atoms with E-state index in [0.29, 0.717) is 0 Å². The number of halogens is 1. The number of ether oxygens (including phenoxy) is 1. The largest absolute Gasteiger partial charge is 0.497 e. The molecule has 1 heterocycles. The summed E-state index contributed by atoms with van der Waals surface area (Å²) in [6.07, 6.45) is 4.12. The summed E-state index contributed by atoms with van der Waals surface area (Å²) >= 11 is 0. The minimum absolute atomic E-state index is 0. The lowest BCUT2D eigenvalue weighted by atomic mass is 9.84. The number of hydrogen-bond donors (Lipinski definition) is 2. The minimum Gasteiger partial charge on any atom is -0.497 e. The fourth-order valence-corrected chi connectivity index (χ4v) is 2.49. The van der Waals surface area contributed by atoms with Gasteiger partial charge in [0, 0.05) is 44.5 Å². The number of methoxy groups -OCH3 is 1. The second kappa shape index (κ2) is 10.3. The molecule has 0 aliphatic rings. The Bertz CT molecular complexity index is 636. The van der Waals surface area contributed by atoms with Gasteiger partial charge in [-0.05, 0) is 29.8 Å². The number of nitrogens with zero attached hydrogens (tertiary/aromatic N) is 2. The first-order valence-electron chi connectivity index (χ1n) is 8.25. The highest BCUT2D eigenvalue weighted by Crippen LogP contribution is 2.24. The molecule has 2 aromatic rings. The van der Waals surface area contributed by atoms with Crippen molar-refractivity contribution in [1.82, 2.24) is 15.2 Å². The average Bonchev–Trinajstić information content (AvgIpc) is 3.11. The van der Waals surface area contributed by atoms with E-state index in [2.05, 4.69) is 58.6 Å². The van der Waals surface area contributed by atoms with Gasteiger partial charge in [-0.25, -0.2) is 0 Å². The van der Waals surface area contributed by atoms with Crippen molar-refractivity contribution in [2.24, 2.45) is 4.99 Å². The van der Waals surface area contributed by atoms with Crippen LogP contribution in [0.2, 0.25) is 0 Å². The normalized spacial score (nSPS) is 11.6. The van der Waals surface area contributed by atoms with Crippen LogP contribution in [0.1, 0.15) is 19.4 Å². The van der Waals surface area contributed by atoms with Crippen molar-refractivity contribution in [3.63, 3.8) is 0 Å². The number of guanidine groups is 1. The van der Waals surface area contributed by atoms with Crippen LogP contribution in [0.4, 0.5) is 0 Å². The maximum Gasteiger partial charge on any atom is 0.191 e. The molecular formula is C19H29IN4O. The van der Waals surface area contributed by atoms with Crippen LogP contribution < -0.4 is 15.4 Å². The summed E-state index contributed by atoms with van der Waals surface area (Å²) in [6, 6.07) is 12.3. The Hall–Kier alpha value is -1.70. The van der Waals surface area contributed by atoms with Crippen LogP contribution in [0.5, 0.6) is 5.75 Å². The summed E-state index contributed by atoms with van der Waals surface area (Å²) in [5, 5.41) is 6.76. The Morgan fingerprint density at radius 2 is 1.76 bits per heavy atom. The molecule has 0 bridgehead atoms. The molecule has 25 heavy (non-hydrogen) atoms. The fraction of sp³-hybridized carbons (Fsp3) is 0.421. The van der Waals surface area contributed by atoms with Gasteiger partial charge in [-0.15, -0.1) is 24.0 Å². The Balaban J connectivity index is 0.00000312. The van der Waals surface area contributed by atoms with E-state index in [1.807, 2.05) is 24.3 Å². The summed E-state index contributed by atoms with van der Waals surface area (Å²) < 4.78 is 7.37. The number of benzene rings is 1. The summed E-state index contributed by atoms with van der Waals surface area (Å²) in [5.74, 6) is 1.70. The van der Waals surface area contributed by atoms with Gasteiger partial charge in [-0.2, -0.15) is 0 Å². The molecular weight excluding hydrogens is 427 g/mol.